The largest absolute Gasteiger partial charge is 0.299 e. The summed E-state index contributed by atoms with van der Waals surface area (Å²) in [5.74, 6) is 0.0794. The quantitative estimate of drug-likeness (QED) is 0.455. The average molecular weight is 251 g/mol. The molecule has 0 bridgehead atoms. The molecule has 0 aliphatic rings. The van der Waals surface area contributed by atoms with Gasteiger partial charge in [-0.3, -0.25) is 4.79 Å². The fourth-order valence-corrected chi connectivity index (χ4v) is 1.77. The van der Waals surface area contributed by atoms with Crippen molar-refractivity contribution in [1.29, 1.82) is 0 Å². The lowest BCUT2D eigenvalue weighted by atomic mass is 9.99. The van der Waals surface area contributed by atoms with Crippen LogP contribution < -0.4 is 0 Å². The highest BCUT2D eigenvalue weighted by molar-refractivity contribution is 9.10. The molecule has 0 amide bonds. The monoisotopic (exact) mass is 250 g/mol. The Bertz CT molecular complexity index is 355. The van der Waals surface area contributed by atoms with E-state index in [0.29, 0.717) is 0 Å². The first-order chi connectivity index (χ1) is 6.79. The number of rotatable bonds is 4. The standard InChI is InChI=1S/C12H11BrO/c1-2-10(6-5-9-14)11-7-3-4-8-12(11)13/h2-10H,1H2/b6-5+/t10-/m0/s1. The van der Waals surface area contributed by atoms with Crippen molar-refractivity contribution in [2.24, 2.45) is 0 Å². The second-order valence-corrected chi connectivity index (χ2v) is 3.66. The van der Waals surface area contributed by atoms with E-state index in [1.807, 2.05) is 30.3 Å². The van der Waals surface area contributed by atoms with Crippen LogP contribution in [0.25, 0.3) is 0 Å². The topological polar surface area (TPSA) is 17.1 Å². The third kappa shape index (κ3) is 2.67. The van der Waals surface area contributed by atoms with Gasteiger partial charge in [0.15, 0.2) is 0 Å². The number of hydrogen-bond donors (Lipinski definition) is 0. The third-order valence-corrected chi connectivity index (χ3v) is 2.64. The molecule has 1 aromatic carbocycles. The molecule has 0 aliphatic carbocycles. The minimum atomic E-state index is 0.0794. The van der Waals surface area contributed by atoms with Crippen molar-refractivity contribution in [3.05, 3.63) is 59.1 Å². The zero-order chi connectivity index (χ0) is 10.4. The molecule has 0 fully saturated rings. The minimum absolute atomic E-state index is 0.0794. The minimum Gasteiger partial charge on any atom is -0.299 e. The maximum atomic E-state index is 10.2. The van der Waals surface area contributed by atoms with Gasteiger partial charge < -0.3 is 0 Å². The Balaban J connectivity index is 3.00. The summed E-state index contributed by atoms with van der Waals surface area (Å²) in [6, 6.07) is 7.90. The van der Waals surface area contributed by atoms with Gasteiger partial charge in [-0.25, -0.2) is 0 Å². The van der Waals surface area contributed by atoms with E-state index in [9.17, 15) is 4.79 Å². The summed E-state index contributed by atoms with van der Waals surface area (Å²) in [7, 11) is 0. The summed E-state index contributed by atoms with van der Waals surface area (Å²) < 4.78 is 1.03. The van der Waals surface area contributed by atoms with E-state index in [1.165, 1.54) is 6.08 Å². The van der Waals surface area contributed by atoms with Gasteiger partial charge in [0, 0.05) is 10.4 Å². The highest BCUT2D eigenvalue weighted by Gasteiger charge is 2.06. The van der Waals surface area contributed by atoms with Gasteiger partial charge in [0.2, 0.25) is 0 Å². The number of carbonyl (C=O) groups excluding carboxylic acids is 1. The number of halogens is 1. The van der Waals surface area contributed by atoms with E-state index in [0.717, 1.165) is 16.3 Å². The van der Waals surface area contributed by atoms with Crippen molar-refractivity contribution in [2.75, 3.05) is 0 Å². The van der Waals surface area contributed by atoms with Gasteiger partial charge in [-0.2, -0.15) is 0 Å². The predicted octanol–water partition coefficient (Wildman–Crippen LogP) is 3.47. The van der Waals surface area contributed by atoms with Crippen LogP contribution in [-0.4, -0.2) is 6.29 Å². The second kappa shape index (κ2) is 5.55. The van der Waals surface area contributed by atoms with Gasteiger partial charge in [0.1, 0.15) is 6.29 Å². The molecule has 1 nitrogen and oxygen atoms in total. The van der Waals surface area contributed by atoms with Crippen molar-refractivity contribution >= 4 is 22.2 Å². The van der Waals surface area contributed by atoms with Gasteiger partial charge in [-0.05, 0) is 17.7 Å². The number of hydrogen-bond acceptors (Lipinski definition) is 1. The van der Waals surface area contributed by atoms with Gasteiger partial charge in [0.25, 0.3) is 0 Å². The Hall–Kier alpha value is -1.15. The molecule has 0 aromatic heterocycles. The maximum absolute atomic E-state index is 10.2. The molecule has 0 N–H and O–H groups in total. The molecule has 0 saturated carbocycles. The van der Waals surface area contributed by atoms with Gasteiger partial charge in [-0.15, -0.1) is 6.58 Å². The summed E-state index contributed by atoms with van der Waals surface area (Å²) in [6.45, 7) is 3.74. The molecule has 2 heteroatoms. The Kier molecular flexibility index (Phi) is 4.33. The van der Waals surface area contributed by atoms with Crippen LogP contribution in [0.1, 0.15) is 11.5 Å². The predicted molar refractivity (Wildman–Crippen MR) is 62.3 cm³/mol. The van der Waals surface area contributed by atoms with E-state index >= 15 is 0 Å². The molecule has 0 radical (unpaired) electrons. The van der Waals surface area contributed by atoms with E-state index in [-0.39, 0.29) is 5.92 Å². The fourth-order valence-electron chi connectivity index (χ4n) is 1.22. The molecule has 14 heavy (non-hydrogen) atoms. The Morgan fingerprint density at radius 3 is 2.64 bits per heavy atom. The molecule has 72 valence electrons. The number of aldehydes is 1. The maximum Gasteiger partial charge on any atom is 0.142 e. The third-order valence-electron chi connectivity index (χ3n) is 1.92. The van der Waals surface area contributed by atoms with Crippen LogP contribution in [0.3, 0.4) is 0 Å². The van der Waals surface area contributed by atoms with Crippen LogP contribution in [-0.2, 0) is 4.79 Å². The average Bonchev–Trinajstić information content (AvgIpc) is 2.21. The molecule has 1 aromatic rings. The van der Waals surface area contributed by atoms with Gasteiger partial charge in [-0.1, -0.05) is 46.3 Å². The first-order valence-corrected chi connectivity index (χ1v) is 5.08. The normalized spacial score (nSPS) is 12.6. The van der Waals surface area contributed by atoms with E-state index in [1.54, 1.807) is 6.08 Å². The van der Waals surface area contributed by atoms with Gasteiger partial charge in [0.05, 0.1) is 0 Å². The second-order valence-electron chi connectivity index (χ2n) is 2.80. The molecular weight excluding hydrogens is 240 g/mol. The van der Waals surface area contributed by atoms with E-state index < -0.39 is 0 Å². The summed E-state index contributed by atoms with van der Waals surface area (Å²) in [5, 5.41) is 0. The van der Waals surface area contributed by atoms with Crippen LogP contribution in [0.5, 0.6) is 0 Å². The summed E-state index contributed by atoms with van der Waals surface area (Å²) >= 11 is 3.46. The smallest absolute Gasteiger partial charge is 0.142 e. The zero-order valence-corrected chi connectivity index (χ0v) is 9.28. The lowest BCUT2D eigenvalue weighted by molar-refractivity contribution is -0.104. The van der Waals surface area contributed by atoms with Crippen LogP contribution >= 0.6 is 15.9 Å². The molecule has 1 atom stereocenters. The van der Waals surface area contributed by atoms with Crippen LogP contribution in [0, 0.1) is 0 Å². The molecule has 0 saturated heterocycles. The first kappa shape index (κ1) is 10.9. The Morgan fingerprint density at radius 2 is 2.07 bits per heavy atom. The first-order valence-electron chi connectivity index (χ1n) is 4.28. The van der Waals surface area contributed by atoms with Crippen LogP contribution in [0.2, 0.25) is 0 Å². The highest BCUT2D eigenvalue weighted by atomic mass is 79.9. The summed E-state index contributed by atoms with van der Waals surface area (Å²) in [6.07, 6.45) is 5.89. The SMILES string of the molecule is C=C[C@@H](/C=C/C=O)c1ccccc1Br. The van der Waals surface area contributed by atoms with Gasteiger partial charge >= 0.3 is 0 Å². The lowest BCUT2D eigenvalue weighted by Gasteiger charge is -2.09. The van der Waals surface area contributed by atoms with Crippen molar-refractivity contribution in [2.45, 2.75) is 5.92 Å². The molecular formula is C12H11BrO. The highest BCUT2D eigenvalue weighted by Crippen LogP contribution is 2.26. The van der Waals surface area contributed by atoms with E-state index in [4.69, 9.17) is 0 Å². The zero-order valence-electron chi connectivity index (χ0n) is 7.69. The van der Waals surface area contributed by atoms with Crippen molar-refractivity contribution < 1.29 is 4.79 Å². The summed E-state index contributed by atoms with van der Waals surface area (Å²) in [4.78, 5) is 10.2. The lowest BCUT2D eigenvalue weighted by Crippen LogP contribution is -1.91. The number of allylic oxidation sites excluding steroid dienone is 3. The van der Waals surface area contributed by atoms with Crippen molar-refractivity contribution in [1.82, 2.24) is 0 Å². The summed E-state index contributed by atoms with van der Waals surface area (Å²) in [5.41, 5.74) is 1.11. The number of carbonyl (C=O) groups is 1. The molecule has 1 rings (SSSR count). The van der Waals surface area contributed by atoms with Crippen molar-refractivity contribution in [3.63, 3.8) is 0 Å². The van der Waals surface area contributed by atoms with E-state index in [2.05, 4.69) is 22.5 Å². The fraction of sp³-hybridized carbons (Fsp3) is 0.0833. The van der Waals surface area contributed by atoms with Crippen molar-refractivity contribution in [3.8, 4) is 0 Å². The number of benzene rings is 1. The molecule has 0 heterocycles. The Morgan fingerprint density at radius 1 is 1.36 bits per heavy atom. The molecule has 0 aliphatic heterocycles. The molecule has 0 spiro atoms. The molecule has 0 unspecified atom stereocenters. The van der Waals surface area contributed by atoms with Crippen LogP contribution in [0.4, 0.5) is 0 Å². The Labute approximate surface area is 92.3 Å². The van der Waals surface area contributed by atoms with Crippen LogP contribution in [0.15, 0.2) is 53.5 Å².